The van der Waals surface area contributed by atoms with Crippen LogP contribution in [0.25, 0.3) is 10.8 Å². The van der Waals surface area contributed by atoms with Crippen LogP contribution in [0, 0.1) is 0 Å². The Bertz CT molecular complexity index is 771. The lowest BCUT2D eigenvalue weighted by Gasteiger charge is -2.10. The van der Waals surface area contributed by atoms with Gasteiger partial charge in [0.2, 0.25) is 0 Å². The second-order valence-electron chi connectivity index (χ2n) is 4.72. The molecule has 0 unspecified atom stereocenters. The van der Waals surface area contributed by atoms with Gasteiger partial charge in [-0.3, -0.25) is 0 Å². The predicted octanol–water partition coefficient (Wildman–Crippen LogP) is 4.39. The summed E-state index contributed by atoms with van der Waals surface area (Å²) in [6, 6.07) is 14.9. The van der Waals surface area contributed by atoms with Gasteiger partial charge in [-0.1, -0.05) is 49.0 Å². The van der Waals surface area contributed by atoms with E-state index in [-0.39, 0.29) is 0 Å². The minimum absolute atomic E-state index is 0.910. The maximum atomic E-state index is 4.45. The zero-order valence-corrected chi connectivity index (χ0v) is 12.9. The third kappa shape index (κ3) is 2.85. The Morgan fingerprint density at radius 2 is 1.86 bits per heavy atom. The topological polar surface area (TPSA) is 37.8 Å². The van der Waals surface area contributed by atoms with Crippen LogP contribution in [-0.4, -0.2) is 17.0 Å². The minimum atomic E-state index is 0.910. The Kier molecular flexibility index (Phi) is 4.06. The molecule has 3 nitrogen and oxygen atoms in total. The second-order valence-corrected chi connectivity index (χ2v) is 5.78. The summed E-state index contributed by atoms with van der Waals surface area (Å²) in [4.78, 5) is 9.93. The van der Waals surface area contributed by atoms with Crippen LogP contribution in [0.3, 0.4) is 0 Å². The quantitative estimate of drug-likeness (QED) is 0.725. The first-order chi connectivity index (χ1) is 10.3. The SMILES string of the molecule is CCc1c(NC)ncnc1Sc1ccc2ccccc2c1. The lowest BCUT2D eigenvalue weighted by molar-refractivity contribution is 0.946. The molecule has 1 aromatic heterocycles. The van der Waals surface area contributed by atoms with E-state index in [0.717, 1.165) is 22.8 Å². The molecule has 0 saturated carbocycles. The monoisotopic (exact) mass is 295 g/mol. The molecular formula is C17H17N3S. The molecule has 0 aliphatic rings. The van der Waals surface area contributed by atoms with E-state index in [0.29, 0.717) is 0 Å². The average Bonchev–Trinajstić information content (AvgIpc) is 2.54. The molecule has 0 bridgehead atoms. The van der Waals surface area contributed by atoms with Gasteiger partial charge in [0.25, 0.3) is 0 Å². The van der Waals surface area contributed by atoms with Crippen molar-refractivity contribution in [2.24, 2.45) is 0 Å². The van der Waals surface area contributed by atoms with Crippen LogP contribution < -0.4 is 5.32 Å². The molecule has 0 fully saturated rings. The lowest BCUT2D eigenvalue weighted by Crippen LogP contribution is -2.01. The number of nitrogens with zero attached hydrogens (tertiary/aromatic N) is 2. The third-order valence-corrected chi connectivity index (χ3v) is 4.47. The minimum Gasteiger partial charge on any atom is -0.373 e. The molecule has 0 atom stereocenters. The molecule has 0 aliphatic heterocycles. The van der Waals surface area contributed by atoms with E-state index in [1.165, 1.54) is 15.7 Å². The fraction of sp³-hybridized carbons (Fsp3) is 0.176. The van der Waals surface area contributed by atoms with Crippen molar-refractivity contribution in [3.8, 4) is 0 Å². The van der Waals surface area contributed by atoms with Gasteiger partial charge in [0.15, 0.2) is 0 Å². The summed E-state index contributed by atoms with van der Waals surface area (Å²) < 4.78 is 0. The second kappa shape index (κ2) is 6.14. The fourth-order valence-electron chi connectivity index (χ4n) is 2.36. The number of hydrogen-bond donors (Lipinski definition) is 1. The highest BCUT2D eigenvalue weighted by Crippen LogP contribution is 2.33. The van der Waals surface area contributed by atoms with Crippen LogP contribution in [0.2, 0.25) is 0 Å². The zero-order valence-electron chi connectivity index (χ0n) is 12.1. The van der Waals surface area contributed by atoms with Crippen molar-refractivity contribution in [1.82, 2.24) is 9.97 Å². The maximum absolute atomic E-state index is 4.45. The van der Waals surface area contributed by atoms with Crippen molar-refractivity contribution in [3.05, 3.63) is 54.4 Å². The van der Waals surface area contributed by atoms with E-state index in [4.69, 9.17) is 0 Å². The van der Waals surface area contributed by atoms with E-state index in [1.54, 1.807) is 18.1 Å². The molecule has 3 rings (SSSR count). The van der Waals surface area contributed by atoms with E-state index >= 15 is 0 Å². The van der Waals surface area contributed by atoms with Crippen LogP contribution >= 0.6 is 11.8 Å². The molecule has 1 heterocycles. The smallest absolute Gasteiger partial charge is 0.133 e. The molecule has 4 heteroatoms. The summed E-state index contributed by atoms with van der Waals surface area (Å²) in [7, 11) is 1.89. The van der Waals surface area contributed by atoms with Crippen LogP contribution in [0.5, 0.6) is 0 Å². The number of rotatable bonds is 4. The molecule has 2 aromatic carbocycles. The van der Waals surface area contributed by atoms with Crippen molar-refractivity contribution in [1.29, 1.82) is 0 Å². The highest BCUT2D eigenvalue weighted by Gasteiger charge is 2.10. The normalized spacial score (nSPS) is 10.8. The molecule has 106 valence electrons. The maximum Gasteiger partial charge on any atom is 0.133 e. The van der Waals surface area contributed by atoms with E-state index in [1.807, 2.05) is 7.05 Å². The fourth-order valence-corrected chi connectivity index (χ4v) is 3.37. The van der Waals surface area contributed by atoms with Crippen LogP contribution in [0.1, 0.15) is 12.5 Å². The van der Waals surface area contributed by atoms with Crippen molar-refractivity contribution in [2.75, 3.05) is 12.4 Å². The molecular weight excluding hydrogens is 278 g/mol. The van der Waals surface area contributed by atoms with Gasteiger partial charge >= 0.3 is 0 Å². The van der Waals surface area contributed by atoms with Gasteiger partial charge in [-0.2, -0.15) is 0 Å². The Balaban J connectivity index is 1.98. The lowest BCUT2D eigenvalue weighted by atomic mass is 10.1. The number of aromatic nitrogens is 2. The predicted molar refractivity (Wildman–Crippen MR) is 89.0 cm³/mol. The van der Waals surface area contributed by atoms with Gasteiger partial charge in [0, 0.05) is 17.5 Å². The van der Waals surface area contributed by atoms with Crippen LogP contribution in [0.15, 0.2) is 58.7 Å². The molecule has 0 radical (unpaired) electrons. The van der Waals surface area contributed by atoms with Crippen molar-refractivity contribution in [2.45, 2.75) is 23.3 Å². The van der Waals surface area contributed by atoms with Gasteiger partial charge in [0.1, 0.15) is 17.2 Å². The van der Waals surface area contributed by atoms with Gasteiger partial charge in [-0.15, -0.1) is 0 Å². The van der Waals surface area contributed by atoms with Gasteiger partial charge in [-0.05, 0) is 29.3 Å². The van der Waals surface area contributed by atoms with Crippen LogP contribution in [-0.2, 0) is 6.42 Å². The Hall–Kier alpha value is -2.07. The van der Waals surface area contributed by atoms with Gasteiger partial charge in [0.05, 0.1) is 0 Å². The average molecular weight is 295 g/mol. The summed E-state index contributed by atoms with van der Waals surface area (Å²) >= 11 is 1.69. The number of anilines is 1. The van der Waals surface area contributed by atoms with Crippen molar-refractivity contribution >= 4 is 28.4 Å². The molecule has 0 aliphatic carbocycles. The summed E-state index contributed by atoms with van der Waals surface area (Å²) in [5, 5.41) is 6.67. The van der Waals surface area contributed by atoms with Crippen molar-refractivity contribution < 1.29 is 0 Å². The summed E-state index contributed by atoms with van der Waals surface area (Å²) in [6.45, 7) is 2.13. The first-order valence-electron chi connectivity index (χ1n) is 7.00. The Morgan fingerprint density at radius 3 is 2.62 bits per heavy atom. The highest BCUT2D eigenvalue weighted by molar-refractivity contribution is 7.99. The number of nitrogens with one attached hydrogen (secondary N) is 1. The first kappa shape index (κ1) is 13.9. The van der Waals surface area contributed by atoms with E-state index in [9.17, 15) is 0 Å². The number of hydrogen-bond acceptors (Lipinski definition) is 4. The molecule has 0 amide bonds. The number of fused-ring (bicyclic) bond motifs is 1. The Labute approximate surface area is 128 Å². The highest BCUT2D eigenvalue weighted by atomic mass is 32.2. The molecule has 1 N–H and O–H groups in total. The standard InChI is InChI=1S/C17H17N3S/c1-3-15-16(18-2)19-11-20-17(15)21-14-9-8-12-6-4-5-7-13(12)10-14/h4-11H,3H2,1-2H3,(H,18,19,20). The third-order valence-electron chi connectivity index (χ3n) is 3.43. The zero-order chi connectivity index (χ0) is 14.7. The molecule has 3 aromatic rings. The summed E-state index contributed by atoms with van der Waals surface area (Å²) in [5.74, 6) is 0.913. The van der Waals surface area contributed by atoms with Gasteiger partial charge < -0.3 is 5.32 Å². The first-order valence-corrected chi connectivity index (χ1v) is 7.81. The Morgan fingerprint density at radius 1 is 1.05 bits per heavy atom. The molecule has 0 saturated heterocycles. The summed E-state index contributed by atoms with van der Waals surface area (Å²) in [6.07, 6.45) is 2.53. The van der Waals surface area contributed by atoms with E-state index in [2.05, 4.69) is 64.7 Å². The van der Waals surface area contributed by atoms with Crippen molar-refractivity contribution in [3.63, 3.8) is 0 Å². The largest absolute Gasteiger partial charge is 0.373 e. The van der Waals surface area contributed by atoms with E-state index < -0.39 is 0 Å². The summed E-state index contributed by atoms with van der Waals surface area (Å²) in [5.41, 5.74) is 1.16. The van der Waals surface area contributed by atoms with Gasteiger partial charge in [-0.25, -0.2) is 9.97 Å². The molecule has 21 heavy (non-hydrogen) atoms. The number of benzene rings is 2. The van der Waals surface area contributed by atoms with Crippen LogP contribution in [0.4, 0.5) is 5.82 Å². The molecule has 0 spiro atoms.